The number of rotatable bonds is 5. The van der Waals surface area contributed by atoms with E-state index >= 15 is 0 Å². The SMILES string of the molecule is CC(C)C[C@H](C)NCc1ccccc1O. The summed E-state index contributed by atoms with van der Waals surface area (Å²) in [5.74, 6) is 1.08. The van der Waals surface area contributed by atoms with Crippen LogP contribution in [0.4, 0.5) is 0 Å². The first-order valence-corrected chi connectivity index (χ1v) is 5.60. The molecule has 2 nitrogen and oxygen atoms in total. The minimum Gasteiger partial charge on any atom is -0.508 e. The predicted molar refractivity (Wildman–Crippen MR) is 63.9 cm³/mol. The van der Waals surface area contributed by atoms with Crippen molar-refractivity contribution in [1.29, 1.82) is 0 Å². The van der Waals surface area contributed by atoms with Crippen molar-refractivity contribution in [2.45, 2.75) is 39.8 Å². The van der Waals surface area contributed by atoms with Crippen LogP contribution in [0.15, 0.2) is 24.3 Å². The largest absolute Gasteiger partial charge is 0.508 e. The monoisotopic (exact) mass is 207 g/mol. The van der Waals surface area contributed by atoms with Crippen LogP contribution in [0, 0.1) is 5.92 Å². The molecular weight excluding hydrogens is 186 g/mol. The van der Waals surface area contributed by atoms with Crippen LogP contribution in [0.25, 0.3) is 0 Å². The van der Waals surface area contributed by atoms with E-state index in [9.17, 15) is 5.11 Å². The van der Waals surface area contributed by atoms with Crippen molar-refractivity contribution in [3.63, 3.8) is 0 Å². The number of hydrogen-bond donors (Lipinski definition) is 2. The molecule has 15 heavy (non-hydrogen) atoms. The fourth-order valence-corrected chi connectivity index (χ4v) is 1.73. The van der Waals surface area contributed by atoms with E-state index in [1.807, 2.05) is 18.2 Å². The van der Waals surface area contributed by atoms with Crippen LogP contribution >= 0.6 is 0 Å². The van der Waals surface area contributed by atoms with Crippen LogP contribution < -0.4 is 5.32 Å². The lowest BCUT2D eigenvalue weighted by Crippen LogP contribution is -2.26. The fraction of sp³-hybridized carbons (Fsp3) is 0.538. The highest BCUT2D eigenvalue weighted by Crippen LogP contribution is 2.15. The molecule has 84 valence electrons. The summed E-state index contributed by atoms with van der Waals surface area (Å²) in [6.45, 7) is 7.36. The molecule has 1 atom stereocenters. The van der Waals surface area contributed by atoms with E-state index in [0.717, 1.165) is 18.5 Å². The molecule has 2 heteroatoms. The molecule has 0 radical (unpaired) electrons. The molecule has 0 aliphatic heterocycles. The zero-order valence-electron chi connectivity index (χ0n) is 9.83. The van der Waals surface area contributed by atoms with Gasteiger partial charge in [-0.15, -0.1) is 0 Å². The van der Waals surface area contributed by atoms with Gasteiger partial charge in [-0.05, 0) is 25.3 Å². The van der Waals surface area contributed by atoms with Crippen molar-refractivity contribution in [1.82, 2.24) is 5.32 Å². The Hall–Kier alpha value is -1.02. The van der Waals surface area contributed by atoms with Gasteiger partial charge in [0.25, 0.3) is 0 Å². The van der Waals surface area contributed by atoms with Crippen LogP contribution in [-0.2, 0) is 6.54 Å². The summed E-state index contributed by atoms with van der Waals surface area (Å²) < 4.78 is 0. The van der Waals surface area contributed by atoms with Crippen LogP contribution in [0.1, 0.15) is 32.8 Å². The highest BCUT2D eigenvalue weighted by atomic mass is 16.3. The van der Waals surface area contributed by atoms with E-state index in [1.54, 1.807) is 6.07 Å². The van der Waals surface area contributed by atoms with E-state index in [1.165, 1.54) is 0 Å². The zero-order chi connectivity index (χ0) is 11.3. The lowest BCUT2D eigenvalue weighted by Gasteiger charge is -2.16. The molecule has 0 saturated heterocycles. The molecular formula is C13H21NO. The smallest absolute Gasteiger partial charge is 0.120 e. The summed E-state index contributed by atoms with van der Waals surface area (Å²) in [6.07, 6.45) is 1.16. The highest BCUT2D eigenvalue weighted by molar-refractivity contribution is 5.31. The van der Waals surface area contributed by atoms with Crippen molar-refractivity contribution in [3.8, 4) is 5.75 Å². The molecule has 0 bridgehead atoms. The van der Waals surface area contributed by atoms with Gasteiger partial charge in [0.05, 0.1) is 0 Å². The summed E-state index contributed by atoms with van der Waals surface area (Å²) in [5.41, 5.74) is 0.966. The summed E-state index contributed by atoms with van der Waals surface area (Å²) in [6, 6.07) is 7.96. The second-order valence-electron chi connectivity index (χ2n) is 4.54. The van der Waals surface area contributed by atoms with Gasteiger partial charge in [-0.25, -0.2) is 0 Å². The number of aromatic hydroxyl groups is 1. The summed E-state index contributed by atoms with van der Waals surface area (Å²) in [7, 11) is 0. The van der Waals surface area contributed by atoms with Crippen molar-refractivity contribution >= 4 is 0 Å². The van der Waals surface area contributed by atoms with Crippen molar-refractivity contribution in [3.05, 3.63) is 29.8 Å². The Morgan fingerprint density at radius 3 is 2.47 bits per heavy atom. The number of para-hydroxylation sites is 1. The Morgan fingerprint density at radius 2 is 1.87 bits per heavy atom. The van der Waals surface area contributed by atoms with Crippen LogP contribution in [0.2, 0.25) is 0 Å². The van der Waals surface area contributed by atoms with E-state index in [-0.39, 0.29) is 0 Å². The summed E-state index contributed by atoms with van der Waals surface area (Å²) in [4.78, 5) is 0. The van der Waals surface area contributed by atoms with Crippen molar-refractivity contribution < 1.29 is 5.11 Å². The van der Waals surface area contributed by atoms with Gasteiger partial charge in [0, 0.05) is 18.2 Å². The van der Waals surface area contributed by atoms with Crippen molar-refractivity contribution in [2.75, 3.05) is 0 Å². The summed E-state index contributed by atoms with van der Waals surface area (Å²) in [5, 5.41) is 13.0. The molecule has 0 aromatic heterocycles. The third-order valence-corrected chi connectivity index (χ3v) is 2.46. The zero-order valence-corrected chi connectivity index (χ0v) is 9.83. The van der Waals surface area contributed by atoms with Gasteiger partial charge in [0.2, 0.25) is 0 Å². The van der Waals surface area contributed by atoms with Gasteiger partial charge >= 0.3 is 0 Å². The number of hydrogen-bond acceptors (Lipinski definition) is 2. The Balaban J connectivity index is 2.40. The number of nitrogens with one attached hydrogen (secondary N) is 1. The first-order valence-electron chi connectivity index (χ1n) is 5.60. The topological polar surface area (TPSA) is 32.3 Å². The molecule has 0 amide bonds. The molecule has 2 N–H and O–H groups in total. The standard InChI is InChI=1S/C13H21NO/c1-10(2)8-11(3)14-9-12-6-4-5-7-13(12)15/h4-7,10-11,14-15H,8-9H2,1-3H3/t11-/m0/s1. The molecule has 0 aliphatic carbocycles. The predicted octanol–water partition coefficient (Wildman–Crippen LogP) is 2.92. The minimum atomic E-state index is 0.377. The highest BCUT2D eigenvalue weighted by Gasteiger charge is 2.05. The molecule has 0 spiro atoms. The first-order chi connectivity index (χ1) is 7.09. The maximum Gasteiger partial charge on any atom is 0.120 e. The maximum absolute atomic E-state index is 9.57. The normalized spacial score (nSPS) is 13.1. The Kier molecular flexibility index (Phi) is 4.63. The second-order valence-corrected chi connectivity index (χ2v) is 4.54. The first kappa shape index (κ1) is 12.1. The molecule has 0 aliphatic rings. The van der Waals surface area contributed by atoms with E-state index in [0.29, 0.717) is 17.7 Å². The van der Waals surface area contributed by atoms with E-state index in [4.69, 9.17) is 0 Å². The molecule has 1 rings (SSSR count). The molecule has 0 saturated carbocycles. The molecule has 1 aromatic rings. The van der Waals surface area contributed by atoms with Gasteiger partial charge in [0.15, 0.2) is 0 Å². The average Bonchev–Trinajstić information content (AvgIpc) is 2.15. The quantitative estimate of drug-likeness (QED) is 0.778. The minimum absolute atomic E-state index is 0.377. The molecule has 0 fully saturated rings. The fourth-order valence-electron chi connectivity index (χ4n) is 1.73. The van der Waals surface area contributed by atoms with E-state index in [2.05, 4.69) is 26.1 Å². The van der Waals surface area contributed by atoms with Gasteiger partial charge in [0.1, 0.15) is 5.75 Å². The average molecular weight is 207 g/mol. The molecule has 1 aromatic carbocycles. The van der Waals surface area contributed by atoms with Crippen LogP contribution in [0.3, 0.4) is 0 Å². The lowest BCUT2D eigenvalue weighted by atomic mass is 10.0. The number of phenols is 1. The Morgan fingerprint density at radius 1 is 1.20 bits per heavy atom. The van der Waals surface area contributed by atoms with Gasteiger partial charge in [-0.3, -0.25) is 0 Å². The summed E-state index contributed by atoms with van der Waals surface area (Å²) >= 11 is 0. The van der Waals surface area contributed by atoms with Crippen LogP contribution in [-0.4, -0.2) is 11.1 Å². The van der Waals surface area contributed by atoms with Gasteiger partial charge < -0.3 is 10.4 Å². The third kappa shape index (κ3) is 4.34. The molecule has 0 unspecified atom stereocenters. The maximum atomic E-state index is 9.57. The molecule has 0 heterocycles. The third-order valence-electron chi connectivity index (χ3n) is 2.46. The van der Waals surface area contributed by atoms with Gasteiger partial charge in [-0.2, -0.15) is 0 Å². The Labute approximate surface area is 92.3 Å². The second kappa shape index (κ2) is 5.76. The van der Waals surface area contributed by atoms with Crippen LogP contribution in [0.5, 0.6) is 5.75 Å². The number of benzene rings is 1. The van der Waals surface area contributed by atoms with E-state index < -0.39 is 0 Å². The number of phenolic OH excluding ortho intramolecular Hbond substituents is 1. The Bertz CT molecular complexity index is 296. The van der Waals surface area contributed by atoms with Crippen molar-refractivity contribution in [2.24, 2.45) is 5.92 Å². The lowest BCUT2D eigenvalue weighted by molar-refractivity contribution is 0.429. The van der Waals surface area contributed by atoms with Gasteiger partial charge in [-0.1, -0.05) is 32.0 Å².